The number of H-pyrrole nitrogens is 1. The number of carbonyl (C=O) groups is 1. The first kappa shape index (κ1) is 17.3. The van der Waals surface area contributed by atoms with Crippen molar-refractivity contribution in [2.45, 2.75) is 33.0 Å². The number of fused-ring (bicyclic) bond motifs is 1. The molecule has 8 heteroatoms. The van der Waals surface area contributed by atoms with Gasteiger partial charge in [-0.3, -0.25) is 4.98 Å². The SMILES string of the molecule is CC(C)Oc1cncc(C(=O)O[C@H](C)c2nc3ncc(Br)cc3[nH]2)c1. The molecule has 3 aromatic heterocycles. The lowest BCUT2D eigenvalue weighted by atomic mass is 10.2. The van der Waals surface area contributed by atoms with Crippen LogP contribution in [0.4, 0.5) is 0 Å². The molecule has 0 aliphatic rings. The number of nitrogens with one attached hydrogen (secondary N) is 1. The van der Waals surface area contributed by atoms with Crippen molar-refractivity contribution in [2.75, 3.05) is 0 Å². The van der Waals surface area contributed by atoms with Gasteiger partial charge in [0.05, 0.1) is 23.4 Å². The Balaban J connectivity index is 1.75. The number of nitrogens with zero attached hydrogens (tertiary/aromatic N) is 3. The zero-order valence-electron chi connectivity index (χ0n) is 14.0. The van der Waals surface area contributed by atoms with E-state index < -0.39 is 12.1 Å². The highest BCUT2D eigenvalue weighted by molar-refractivity contribution is 9.10. The third-order valence-electron chi connectivity index (χ3n) is 3.31. The predicted octanol–water partition coefficient (Wildman–Crippen LogP) is 3.82. The van der Waals surface area contributed by atoms with Crippen molar-refractivity contribution in [3.05, 3.63) is 46.6 Å². The molecule has 0 bridgehead atoms. The van der Waals surface area contributed by atoms with Crippen LogP contribution in [0.2, 0.25) is 0 Å². The minimum absolute atomic E-state index is 0.00522. The maximum absolute atomic E-state index is 12.4. The minimum Gasteiger partial charge on any atom is -0.489 e. The van der Waals surface area contributed by atoms with Gasteiger partial charge < -0.3 is 14.5 Å². The summed E-state index contributed by atoms with van der Waals surface area (Å²) in [6.45, 7) is 5.55. The van der Waals surface area contributed by atoms with Gasteiger partial charge >= 0.3 is 5.97 Å². The molecular weight excluding hydrogens is 388 g/mol. The smallest absolute Gasteiger partial charge is 0.340 e. The Hall–Kier alpha value is -2.48. The molecule has 3 aromatic rings. The first-order valence-electron chi connectivity index (χ1n) is 7.76. The van der Waals surface area contributed by atoms with Gasteiger partial charge in [-0.1, -0.05) is 0 Å². The van der Waals surface area contributed by atoms with Gasteiger partial charge in [0, 0.05) is 16.9 Å². The minimum atomic E-state index is -0.560. The molecule has 0 aliphatic carbocycles. The average Bonchev–Trinajstić information content (AvgIpc) is 2.97. The summed E-state index contributed by atoms with van der Waals surface area (Å²) in [6.07, 6.45) is 4.10. The van der Waals surface area contributed by atoms with E-state index in [1.165, 1.54) is 6.20 Å². The molecule has 25 heavy (non-hydrogen) atoms. The number of aromatic nitrogens is 4. The Labute approximate surface area is 152 Å². The molecule has 7 nitrogen and oxygen atoms in total. The van der Waals surface area contributed by atoms with Gasteiger partial charge in [-0.2, -0.15) is 0 Å². The number of rotatable bonds is 5. The predicted molar refractivity (Wildman–Crippen MR) is 95.4 cm³/mol. The molecule has 3 heterocycles. The first-order chi connectivity index (χ1) is 11.9. The molecule has 130 valence electrons. The van der Waals surface area contributed by atoms with E-state index in [0.29, 0.717) is 22.8 Å². The molecule has 0 saturated heterocycles. The summed E-state index contributed by atoms with van der Waals surface area (Å²) in [5.74, 6) is 0.551. The van der Waals surface area contributed by atoms with Gasteiger partial charge in [0.1, 0.15) is 11.6 Å². The summed E-state index contributed by atoms with van der Waals surface area (Å²) in [4.78, 5) is 28.0. The number of pyridine rings is 2. The molecule has 1 atom stereocenters. The second-order valence-corrected chi connectivity index (χ2v) is 6.69. The summed E-state index contributed by atoms with van der Waals surface area (Å²) in [5.41, 5.74) is 1.65. The number of ether oxygens (including phenoxy) is 2. The Morgan fingerprint density at radius 2 is 2.00 bits per heavy atom. The fourth-order valence-electron chi connectivity index (χ4n) is 2.24. The normalized spacial score (nSPS) is 12.4. The highest BCUT2D eigenvalue weighted by Gasteiger charge is 2.18. The number of esters is 1. The van der Waals surface area contributed by atoms with Gasteiger partial charge in [-0.15, -0.1) is 0 Å². The molecule has 1 N–H and O–H groups in total. The number of halogens is 1. The van der Waals surface area contributed by atoms with Crippen LogP contribution in [0, 0.1) is 0 Å². The number of hydrogen-bond donors (Lipinski definition) is 1. The average molecular weight is 405 g/mol. The van der Waals surface area contributed by atoms with Crippen LogP contribution >= 0.6 is 15.9 Å². The molecule has 0 aromatic carbocycles. The Bertz CT molecular complexity index is 910. The molecular formula is C17H17BrN4O3. The van der Waals surface area contributed by atoms with Crippen LogP contribution < -0.4 is 4.74 Å². The fourth-order valence-corrected chi connectivity index (χ4v) is 2.57. The third kappa shape index (κ3) is 4.14. The number of imidazole rings is 1. The highest BCUT2D eigenvalue weighted by atomic mass is 79.9. The van der Waals surface area contributed by atoms with Crippen molar-refractivity contribution in [1.82, 2.24) is 19.9 Å². The maximum atomic E-state index is 12.4. The summed E-state index contributed by atoms with van der Waals surface area (Å²) >= 11 is 3.36. The van der Waals surface area contributed by atoms with E-state index in [1.807, 2.05) is 19.9 Å². The van der Waals surface area contributed by atoms with Crippen molar-refractivity contribution < 1.29 is 14.3 Å². The van der Waals surface area contributed by atoms with Crippen LogP contribution in [0.25, 0.3) is 11.2 Å². The zero-order chi connectivity index (χ0) is 18.0. The van der Waals surface area contributed by atoms with Crippen molar-refractivity contribution >= 4 is 33.1 Å². The van der Waals surface area contributed by atoms with Crippen LogP contribution in [0.15, 0.2) is 35.2 Å². The number of carbonyl (C=O) groups excluding carboxylic acids is 1. The summed E-state index contributed by atoms with van der Waals surface area (Å²) in [5, 5.41) is 0. The number of aromatic amines is 1. The first-order valence-corrected chi connectivity index (χ1v) is 8.55. The lowest BCUT2D eigenvalue weighted by Crippen LogP contribution is -2.12. The lowest BCUT2D eigenvalue weighted by molar-refractivity contribution is 0.0320. The van der Waals surface area contributed by atoms with E-state index in [2.05, 4.69) is 35.9 Å². The molecule has 0 aliphatic heterocycles. The van der Waals surface area contributed by atoms with Crippen LogP contribution in [-0.2, 0) is 4.74 Å². The van der Waals surface area contributed by atoms with Crippen molar-refractivity contribution in [2.24, 2.45) is 0 Å². The molecule has 0 amide bonds. The van der Waals surface area contributed by atoms with E-state index in [4.69, 9.17) is 9.47 Å². The molecule has 0 spiro atoms. The van der Waals surface area contributed by atoms with E-state index >= 15 is 0 Å². The van der Waals surface area contributed by atoms with Crippen LogP contribution in [0.3, 0.4) is 0 Å². The highest BCUT2D eigenvalue weighted by Crippen LogP contribution is 2.22. The summed E-state index contributed by atoms with van der Waals surface area (Å²) in [6, 6.07) is 3.48. The monoisotopic (exact) mass is 404 g/mol. The molecule has 0 saturated carbocycles. The van der Waals surface area contributed by atoms with Crippen molar-refractivity contribution in [1.29, 1.82) is 0 Å². The largest absolute Gasteiger partial charge is 0.489 e. The van der Waals surface area contributed by atoms with Crippen molar-refractivity contribution in [3.63, 3.8) is 0 Å². The van der Waals surface area contributed by atoms with Gasteiger partial charge in [0.25, 0.3) is 0 Å². The fraction of sp³-hybridized carbons (Fsp3) is 0.294. The van der Waals surface area contributed by atoms with E-state index in [1.54, 1.807) is 25.4 Å². The zero-order valence-corrected chi connectivity index (χ0v) is 15.6. The molecule has 3 rings (SSSR count). The van der Waals surface area contributed by atoms with Gasteiger partial charge in [0.15, 0.2) is 11.8 Å². The Morgan fingerprint density at radius 1 is 1.20 bits per heavy atom. The maximum Gasteiger partial charge on any atom is 0.340 e. The van der Waals surface area contributed by atoms with Gasteiger partial charge in [-0.05, 0) is 48.8 Å². The van der Waals surface area contributed by atoms with Gasteiger partial charge in [0.2, 0.25) is 0 Å². The Morgan fingerprint density at radius 3 is 2.76 bits per heavy atom. The second kappa shape index (κ2) is 7.18. The Kier molecular flexibility index (Phi) is 4.98. The van der Waals surface area contributed by atoms with Crippen LogP contribution in [0.1, 0.15) is 43.1 Å². The number of hydrogen-bond acceptors (Lipinski definition) is 6. The van der Waals surface area contributed by atoms with E-state index in [9.17, 15) is 4.79 Å². The second-order valence-electron chi connectivity index (χ2n) is 5.77. The standard InChI is InChI=1S/C17H17BrN4O3/c1-9(2)24-13-4-11(6-19-8-13)17(23)25-10(3)15-21-14-5-12(18)7-20-16(14)22-15/h4-10H,1-3H3,(H,20,21,22)/t10-/m1/s1. The molecule has 0 fully saturated rings. The van der Waals surface area contributed by atoms with Crippen LogP contribution in [0.5, 0.6) is 5.75 Å². The summed E-state index contributed by atoms with van der Waals surface area (Å²) in [7, 11) is 0. The van der Waals surface area contributed by atoms with E-state index in [-0.39, 0.29) is 6.10 Å². The topological polar surface area (TPSA) is 90.0 Å². The van der Waals surface area contributed by atoms with E-state index in [0.717, 1.165) is 9.99 Å². The molecule has 0 radical (unpaired) electrons. The summed E-state index contributed by atoms with van der Waals surface area (Å²) < 4.78 is 11.9. The van der Waals surface area contributed by atoms with Crippen LogP contribution in [-0.4, -0.2) is 32.0 Å². The molecule has 0 unspecified atom stereocenters. The van der Waals surface area contributed by atoms with Gasteiger partial charge in [-0.25, -0.2) is 14.8 Å². The lowest BCUT2D eigenvalue weighted by Gasteiger charge is -2.12. The van der Waals surface area contributed by atoms with Crippen molar-refractivity contribution in [3.8, 4) is 5.75 Å². The third-order valence-corrected chi connectivity index (χ3v) is 3.75. The quantitative estimate of drug-likeness (QED) is 0.649.